The largest absolute Gasteiger partial charge is 0.327 e. The molecule has 2 heterocycles. The quantitative estimate of drug-likeness (QED) is 0.943. The zero-order valence-corrected chi connectivity index (χ0v) is 12.3. The van der Waals surface area contributed by atoms with E-state index in [1.54, 1.807) is 6.20 Å². The second-order valence-corrected chi connectivity index (χ2v) is 5.27. The maximum atomic E-state index is 6.02. The van der Waals surface area contributed by atoms with E-state index in [1.807, 2.05) is 17.1 Å². The van der Waals surface area contributed by atoms with Crippen molar-refractivity contribution in [1.82, 2.24) is 14.5 Å². The second-order valence-electron chi connectivity index (χ2n) is 5.27. The number of nitrogens with zero attached hydrogens (tertiary/aromatic N) is 3. The Morgan fingerprint density at radius 1 is 1.25 bits per heavy atom. The molecule has 0 amide bonds. The van der Waals surface area contributed by atoms with Gasteiger partial charge in [-0.1, -0.05) is 12.1 Å². The van der Waals surface area contributed by atoms with Crippen LogP contribution >= 0.6 is 12.4 Å². The molecule has 0 unspecified atom stereocenters. The van der Waals surface area contributed by atoms with Gasteiger partial charge in [0.2, 0.25) is 0 Å². The Hall–Kier alpha value is -1.36. The molecule has 1 aromatic heterocycles. The number of imidazole rings is 1. The molecular weight excluding hydrogens is 272 g/mol. The highest BCUT2D eigenvalue weighted by molar-refractivity contribution is 5.85. The molecule has 1 fully saturated rings. The molecule has 0 bridgehead atoms. The van der Waals surface area contributed by atoms with Gasteiger partial charge in [0.05, 0.1) is 6.33 Å². The van der Waals surface area contributed by atoms with Crippen molar-refractivity contribution in [2.75, 3.05) is 13.1 Å². The summed E-state index contributed by atoms with van der Waals surface area (Å²) in [6, 6.07) is 9.01. The van der Waals surface area contributed by atoms with E-state index < -0.39 is 0 Å². The molecule has 1 saturated heterocycles. The summed E-state index contributed by atoms with van der Waals surface area (Å²) in [5, 5.41) is 0. The maximum Gasteiger partial charge on any atom is 0.0991 e. The van der Waals surface area contributed by atoms with Crippen LogP contribution in [0.4, 0.5) is 0 Å². The van der Waals surface area contributed by atoms with Gasteiger partial charge in [0, 0.05) is 37.2 Å². The van der Waals surface area contributed by atoms with E-state index in [0.29, 0.717) is 6.04 Å². The SMILES string of the molecule is Cl.N[C@@H]1CCCN(Cc2ccc(-n3ccnc3)cc2)C1. The highest BCUT2D eigenvalue weighted by Crippen LogP contribution is 2.14. The topological polar surface area (TPSA) is 47.1 Å². The lowest BCUT2D eigenvalue weighted by atomic mass is 10.1. The van der Waals surface area contributed by atoms with Gasteiger partial charge in [0.25, 0.3) is 0 Å². The molecule has 5 heteroatoms. The predicted octanol–water partition coefficient (Wildman–Crippen LogP) is 2.22. The maximum absolute atomic E-state index is 6.02. The van der Waals surface area contributed by atoms with Crippen LogP contribution in [-0.2, 0) is 6.54 Å². The van der Waals surface area contributed by atoms with Crippen LogP contribution in [0.2, 0.25) is 0 Å². The summed E-state index contributed by atoms with van der Waals surface area (Å²) in [4.78, 5) is 6.51. The summed E-state index contributed by atoms with van der Waals surface area (Å²) < 4.78 is 2.01. The van der Waals surface area contributed by atoms with Crippen molar-refractivity contribution in [3.05, 3.63) is 48.5 Å². The van der Waals surface area contributed by atoms with Gasteiger partial charge in [-0.25, -0.2) is 4.98 Å². The highest BCUT2D eigenvalue weighted by Gasteiger charge is 2.16. The third kappa shape index (κ3) is 3.60. The van der Waals surface area contributed by atoms with E-state index in [1.165, 1.54) is 12.0 Å². The monoisotopic (exact) mass is 292 g/mol. The number of piperidine rings is 1. The molecule has 0 radical (unpaired) electrons. The van der Waals surface area contributed by atoms with Crippen molar-refractivity contribution >= 4 is 12.4 Å². The van der Waals surface area contributed by atoms with Gasteiger partial charge in [-0.3, -0.25) is 4.90 Å². The van der Waals surface area contributed by atoms with E-state index in [4.69, 9.17) is 5.73 Å². The van der Waals surface area contributed by atoms with Crippen LogP contribution in [0.1, 0.15) is 18.4 Å². The molecular formula is C15H21ClN4. The number of nitrogens with two attached hydrogens (primary N) is 1. The molecule has 1 aliphatic rings. The van der Waals surface area contributed by atoms with Gasteiger partial charge < -0.3 is 10.3 Å². The van der Waals surface area contributed by atoms with Gasteiger partial charge in [-0.2, -0.15) is 0 Å². The van der Waals surface area contributed by atoms with E-state index in [2.05, 4.69) is 34.1 Å². The van der Waals surface area contributed by atoms with E-state index >= 15 is 0 Å². The minimum atomic E-state index is 0. The third-order valence-corrected chi connectivity index (χ3v) is 3.69. The van der Waals surface area contributed by atoms with Crippen molar-refractivity contribution < 1.29 is 0 Å². The van der Waals surface area contributed by atoms with Gasteiger partial charge >= 0.3 is 0 Å². The lowest BCUT2D eigenvalue weighted by molar-refractivity contribution is 0.201. The fourth-order valence-electron chi connectivity index (χ4n) is 2.68. The van der Waals surface area contributed by atoms with Crippen molar-refractivity contribution in [3.8, 4) is 5.69 Å². The minimum Gasteiger partial charge on any atom is -0.327 e. The molecule has 20 heavy (non-hydrogen) atoms. The first-order valence-electron chi connectivity index (χ1n) is 6.86. The Bertz CT molecular complexity index is 509. The Balaban J connectivity index is 0.00000147. The molecule has 2 aromatic rings. The first-order chi connectivity index (χ1) is 9.31. The summed E-state index contributed by atoms with van der Waals surface area (Å²) >= 11 is 0. The molecule has 4 nitrogen and oxygen atoms in total. The molecule has 1 atom stereocenters. The number of benzene rings is 1. The number of likely N-dealkylation sites (tertiary alicyclic amines) is 1. The van der Waals surface area contributed by atoms with Crippen LogP contribution in [0.3, 0.4) is 0 Å². The van der Waals surface area contributed by atoms with Crippen LogP contribution in [0.5, 0.6) is 0 Å². The van der Waals surface area contributed by atoms with Gasteiger partial charge in [0.15, 0.2) is 0 Å². The Kier molecular flexibility index (Phi) is 5.17. The lowest BCUT2D eigenvalue weighted by Gasteiger charge is -2.30. The molecule has 1 aromatic carbocycles. The average molecular weight is 293 g/mol. The highest BCUT2D eigenvalue weighted by atomic mass is 35.5. The summed E-state index contributed by atoms with van der Waals surface area (Å²) in [6.07, 6.45) is 7.95. The first kappa shape index (κ1) is 15.0. The predicted molar refractivity (Wildman–Crippen MR) is 83.3 cm³/mol. The first-order valence-corrected chi connectivity index (χ1v) is 6.86. The third-order valence-electron chi connectivity index (χ3n) is 3.69. The van der Waals surface area contributed by atoms with Crippen molar-refractivity contribution in [2.24, 2.45) is 5.73 Å². The zero-order valence-electron chi connectivity index (χ0n) is 11.5. The summed E-state index contributed by atoms with van der Waals surface area (Å²) in [5.41, 5.74) is 8.51. The minimum absolute atomic E-state index is 0. The number of rotatable bonds is 3. The van der Waals surface area contributed by atoms with Gasteiger partial charge in [-0.05, 0) is 37.1 Å². The van der Waals surface area contributed by atoms with Crippen LogP contribution in [-0.4, -0.2) is 33.6 Å². The lowest BCUT2D eigenvalue weighted by Crippen LogP contribution is -2.42. The van der Waals surface area contributed by atoms with Crippen LogP contribution in [0.15, 0.2) is 43.0 Å². The van der Waals surface area contributed by atoms with Gasteiger partial charge in [-0.15, -0.1) is 12.4 Å². The molecule has 0 saturated carbocycles. The van der Waals surface area contributed by atoms with Crippen LogP contribution in [0.25, 0.3) is 5.69 Å². The van der Waals surface area contributed by atoms with Crippen molar-refractivity contribution in [2.45, 2.75) is 25.4 Å². The summed E-state index contributed by atoms with van der Waals surface area (Å²) in [5.74, 6) is 0. The molecule has 2 N–H and O–H groups in total. The zero-order chi connectivity index (χ0) is 13.1. The standard InChI is InChI=1S/C15H20N4.ClH/c16-14-2-1-8-18(11-14)10-13-3-5-15(6-4-13)19-9-7-17-12-19;/h3-7,9,12,14H,1-2,8,10-11,16H2;1H/t14-;/m1./s1. The number of hydrogen-bond acceptors (Lipinski definition) is 3. The fourth-order valence-corrected chi connectivity index (χ4v) is 2.68. The molecule has 0 spiro atoms. The van der Waals surface area contributed by atoms with Crippen LogP contribution < -0.4 is 5.73 Å². The second kappa shape index (κ2) is 6.88. The van der Waals surface area contributed by atoms with E-state index in [9.17, 15) is 0 Å². The molecule has 1 aliphatic heterocycles. The van der Waals surface area contributed by atoms with E-state index in [0.717, 1.165) is 31.7 Å². The molecule has 108 valence electrons. The van der Waals surface area contributed by atoms with Crippen molar-refractivity contribution in [1.29, 1.82) is 0 Å². The van der Waals surface area contributed by atoms with Crippen LogP contribution in [0, 0.1) is 0 Å². The summed E-state index contributed by atoms with van der Waals surface area (Å²) in [7, 11) is 0. The number of hydrogen-bond donors (Lipinski definition) is 1. The smallest absolute Gasteiger partial charge is 0.0991 e. The Morgan fingerprint density at radius 2 is 2.05 bits per heavy atom. The Morgan fingerprint density at radius 3 is 2.70 bits per heavy atom. The Labute approximate surface area is 126 Å². The average Bonchev–Trinajstić information content (AvgIpc) is 2.94. The van der Waals surface area contributed by atoms with E-state index in [-0.39, 0.29) is 12.4 Å². The molecule has 0 aliphatic carbocycles. The normalized spacial score (nSPS) is 19.6. The fraction of sp³-hybridized carbons (Fsp3) is 0.400. The van der Waals surface area contributed by atoms with Gasteiger partial charge in [0.1, 0.15) is 0 Å². The number of halogens is 1. The summed E-state index contributed by atoms with van der Waals surface area (Å²) in [6.45, 7) is 3.18. The van der Waals surface area contributed by atoms with Crippen molar-refractivity contribution in [3.63, 3.8) is 0 Å². The molecule has 3 rings (SSSR count). The number of aromatic nitrogens is 2.